The lowest BCUT2D eigenvalue weighted by molar-refractivity contribution is 0.102. The second kappa shape index (κ2) is 7.84. The van der Waals surface area contributed by atoms with E-state index in [1.807, 2.05) is 12.1 Å². The summed E-state index contributed by atoms with van der Waals surface area (Å²) in [5.41, 5.74) is 3.15. The highest BCUT2D eigenvalue weighted by atomic mass is 35.5. The molecule has 2 aromatic carbocycles. The fourth-order valence-electron chi connectivity index (χ4n) is 2.87. The summed E-state index contributed by atoms with van der Waals surface area (Å²) in [5, 5.41) is 3.83. The Kier molecular flexibility index (Phi) is 5.10. The first-order valence-electron chi connectivity index (χ1n) is 8.44. The first-order valence-corrected chi connectivity index (χ1v) is 9.19. The predicted molar refractivity (Wildman–Crippen MR) is 112 cm³/mol. The topological polar surface area (TPSA) is 70.7 Å². The second-order valence-corrected chi connectivity index (χ2v) is 6.78. The molecule has 0 atom stereocenters. The molecule has 2 aromatic heterocycles. The Bertz CT molecular complexity index is 1100. The van der Waals surface area contributed by atoms with Gasteiger partial charge in [0, 0.05) is 51.0 Å². The lowest BCUT2D eigenvalue weighted by atomic mass is 10.1. The number of aromatic nitrogens is 3. The lowest BCUT2D eigenvalue weighted by Gasteiger charge is -2.10. The molecule has 2 heterocycles. The molecule has 0 aliphatic heterocycles. The minimum Gasteiger partial charge on any atom is -0.357 e. The molecule has 0 saturated carbocycles. The number of nitrogens with zero attached hydrogens (tertiary/aromatic N) is 2. The minimum absolute atomic E-state index is 0.292. The minimum atomic E-state index is -0.292. The van der Waals surface area contributed by atoms with Crippen molar-refractivity contribution in [1.82, 2.24) is 15.0 Å². The highest BCUT2D eigenvalue weighted by Crippen LogP contribution is 2.36. The van der Waals surface area contributed by atoms with Crippen LogP contribution in [0.3, 0.4) is 0 Å². The van der Waals surface area contributed by atoms with Gasteiger partial charge in [0.2, 0.25) is 0 Å². The van der Waals surface area contributed by atoms with Crippen LogP contribution in [0.4, 0.5) is 5.69 Å². The number of hydrogen-bond donors (Lipinski definition) is 2. The van der Waals surface area contributed by atoms with Gasteiger partial charge in [-0.05, 0) is 48.5 Å². The average molecular weight is 409 g/mol. The van der Waals surface area contributed by atoms with E-state index in [1.54, 1.807) is 61.1 Å². The number of carbonyl (C=O) groups is 1. The molecule has 28 heavy (non-hydrogen) atoms. The number of halogens is 2. The summed E-state index contributed by atoms with van der Waals surface area (Å²) in [6.07, 6.45) is 5.05. The van der Waals surface area contributed by atoms with E-state index in [1.165, 1.54) is 0 Å². The largest absolute Gasteiger partial charge is 0.357 e. The first kappa shape index (κ1) is 18.2. The third-order valence-corrected chi connectivity index (χ3v) is 4.80. The first-order chi connectivity index (χ1) is 13.6. The van der Waals surface area contributed by atoms with Crippen molar-refractivity contribution in [3.63, 3.8) is 0 Å². The van der Waals surface area contributed by atoms with Gasteiger partial charge in [-0.3, -0.25) is 4.79 Å². The number of aromatic amines is 1. The summed E-state index contributed by atoms with van der Waals surface area (Å²) in [6.45, 7) is 0. The molecule has 4 rings (SSSR count). The Morgan fingerprint density at radius 2 is 1.57 bits per heavy atom. The number of anilines is 1. The number of hydrogen-bond acceptors (Lipinski definition) is 3. The van der Waals surface area contributed by atoms with Crippen molar-refractivity contribution in [2.24, 2.45) is 0 Å². The monoisotopic (exact) mass is 408 g/mol. The number of rotatable bonds is 4. The van der Waals surface area contributed by atoms with Crippen LogP contribution in [0.5, 0.6) is 0 Å². The van der Waals surface area contributed by atoms with E-state index in [-0.39, 0.29) is 5.91 Å². The van der Waals surface area contributed by atoms with E-state index in [2.05, 4.69) is 20.3 Å². The van der Waals surface area contributed by atoms with Gasteiger partial charge in [0.25, 0.3) is 5.91 Å². The molecule has 7 heteroatoms. The van der Waals surface area contributed by atoms with Gasteiger partial charge in [-0.2, -0.15) is 0 Å². The summed E-state index contributed by atoms with van der Waals surface area (Å²) in [5.74, 6) is 0.333. The van der Waals surface area contributed by atoms with E-state index in [0.717, 1.165) is 5.56 Å². The van der Waals surface area contributed by atoms with Crippen LogP contribution < -0.4 is 5.32 Å². The van der Waals surface area contributed by atoms with E-state index in [0.29, 0.717) is 38.4 Å². The van der Waals surface area contributed by atoms with E-state index in [9.17, 15) is 4.79 Å². The summed E-state index contributed by atoms with van der Waals surface area (Å²) >= 11 is 12.6. The molecule has 1 amide bonds. The maximum atomic E-state index is 12.8. The fraction of sp³-hybridized carbons (Fsp3) is 0. The summed E-state index contributed by atoms with van der Waals surface area (Å²) < 4.78 is 0. The number of nitrogens with one attached hydrogen (secondary N) is 2. The number of carbonyl (C=O) groups excluding carboxylic acids is 1. The van der Waals surface area contributed by atoms with Crippen molar-refractivity contribution in [2.75, 3.05) is 5.32 Å². The van der Waals surface area contributed by atoms with Crippen LogP contribution in [-0.2, 0) is 0 Å². The highest BCUT2D eigenvalue weighted by molar-refractivity contribution is 6.39. The molecule has 138 valence electrons. The average Bonchev–Trinajstić information content (AvgIpc) is 3.19. The third-order valence-electron chi connectivity index (χ3n) is 4.17. The van der Waals surface area contributed by atoms with Crippen molar-refractivity contribution in [1.29, 1.82) is 0 Å². The maximum Gasteiger partial charge on any atom is 0.272 e. The fourth-order valence-corrected chi connectivity index (χ4v) is 3.47. The van der Waals surface area contributed by atoms with Gasteiger partial charge in [-0.1, -0.05) is 29.3 Å². The van der Waals surface area contributed by atoms with Gasteiger partial charge >= 0.3 is 0 Å². The zero-order valence-electron chi connectivity index (χ0n) is 14.5. The summed E-state index contributed by atoms with van der Waals surface area (Å²) in [6, 6.07) is 16.1. The molecule has 0 spiro atoms. The molecular formula is C21H14Cl2N4O. The second-order valence-electron chi connectivity index (χ2n) is 5.97. The van der Waals surface area contributed by atoms with Gasteiger partial charge in [0.05, 0.1) is 0 Å². The van der Waals surface area contributed by atoms with Crippen molar-refractivity contribution >= 4 is 34.8 Å². The standard InChI is InChI=1S/C21H14Cl2N4O/c22-16-3-1-4-17(23)18(16)15-9-12-24-19(15)21(28)27-14-7-5-13(6-8-14)20-25-10-2-11-26-20/h1-12,24H,(H,27,28). The van der Waals surface area contributed by atoms with Gasteiger partial charge < -0.3 is 10.3 Å². The van der Waals surface area contributed by atoms with Crippen LogP contribution in [0.2, 0.25) is 10.0 Å². The van der Waals surface area contributed by atoms with Crippen molar-refractivity contribution in [2.45, 2.75) is 0 Å². The Balaban J connectivity index is 1.58. The Morgan fingerprint density at radius 1 is 0.893 bits per heavy atom. The normalized spacial score (nSPS) is 10.6. The number of benzene rings is 2. The van der Waals surface area contributed by atoms with E-state index in [4.69, 9.17) is 23.2 Å². The number of amides is 1. The summed E-state index contributed by atoms with van der Waals surface area (Å²) in [7, 11) is 0. The molecule has 0 radical (unpaired) electrons. The molecule has 2 N–H and O–H groups in total. The quantitative estimate of drug-likeness (QED) is 0.454. The van der Waals surface area contributed by atoms with Crippen LogP contribution in [0.25, 0.3) is 22.5 Å². The van der Waals surface area contributed by atoms with Gasteiger partial charge in [0.15, 0.2) is 5.82 Å². The Morgan fingerprint density at radius 3 is 2.25 bits per heavy atom. The van der Waals surface area contributed by atoms with Crippen molar-refractivity contribution < 1.29 is 4.79 Å². The van der Waals surface area contributed by atoms with Crippen LogP contribution in [0.1, 0.15) is 10.5 Å². The van der Waals surface area contributed by atoms with E-state index < -0.39 is 0 Å². The maximum absolute atomic E-state index is 12.8. The predicted octanol–water partition coefficient (Wildman–Crippen LogP) is 5.70. The molecule has 0 aliphatic carbocycles. The molecule has 5 nitrogen and oxygen atoms in total. The van der Waals surface area contributed by atoms with Gasteiger partial charge in [-0.15, -0.1) is 0 Å². The van der Waals surface area contributed by atoms with Crippen molar-refractivity contribution in [3.8, 4) is 22.5 Å². The zero-order valence-corrected chi connectivity index (χ0v) is 16.0. The zero-order chi connectivity index (χ0) is 19.5. The van der Waals surface area contributed by atoms with Crippen molar-refractivity contribution in [3.05, 3.63) is 88.9 Å². The Labute approximate surface area is 171 Å². The van der Waals surface area contributed by atoms with E-state index >= 15 is 0 Å². The number of H-pyrrole nitrogens is 1. The molecular weight excluding hydrogens is 395 g/mol. The molecule has 0 saturated heterocycles. The third kappa shape index (κ3) is 3.63. The Hall–Kier alpha value is -3.15. The molecule has 4 aromatic rings. The van der Waals surface area contributed by atoms with Crippen LogP contribution in [-0.4, -0.2) is 20.9 Å². The van der Waals surface area contributed by atoms with Crippen LogP contribution in [0.15, 0.2) is 73.2 Å². The summed E-state index contributed by atoms with van der Waals surface area (Å²) in [4.78, 5) is 24.2. The van der Waals surface area contributed by atoms with Gasteiger partial charge in [0.1, 0.15) is 5.69 Å². The highest BCUT2D eigenvalue weighted by Gasteiger charge is 2.18. The van der Waals surface area contributed by atoms with Gasteiger partial charge in [-0.25, -0.2) is 9.97 Å². The molecule has 0 fully saturated rings. The molecule has 0 bridgehead atoms. The SMILES string of the molecule is O=C(Nc1ccc(-c2ncccn2)cc1)c1[nH]ccc1-c1c(Cl)cccc1Cl. The molecule has 0 unspecified atom stereocenters. The molecule has 0 aliphatic rings. The van der Waals surface area contributed by atoms with Crippen LogP contribution >= 0.6 is 23.2 Å². The van der Waals surface area contributed by atoms with Crippen LogP contribution in [0, 0.1) is 0 Å². The lowest BCUT2D eigenvalue weighted by Crippen LogP contribution is -2.13. The smallest absolute Gasteiger partial charge is 0.272 e.